The summed E-state index contributed by atoms with van der Waals surface area (Å²) >= 11 is 5.87. The minimum Gasteiger partial charge on any atom is -0.469 e. The van der Waals surface area contributed by atoms with Gasteiger partial charge in [-0.1, -0.05) is 23.7 Å². The van der Waals surface area contributed by atoms with Crippen molar-refractivity contribution in [2.75, 3.05) is 20.2 Å². The number of esters is 1. The van der Waals surface area contributed by atoms with Gasteiger partial charge in [0.05, 0.1) is 13.0 Å². The number of benzene rings is 1. The number of hydrogen-bond acceptors (Lipinski definition) is 3. The molecule has 0 aromatic heterocycles. The second-order valence-electron chi connectivity index (χ2n) is 4.28. The van der Waals surface area contributed by atoms with E-state index in [1.54, 1.807) is 0 Å². The predicted octanol–water partition coefficient (Wildman–Crippen LogP) is 2.21. The Morgan fingerprint density at radius 2 is 2.12 bits per heavy atom. The van der Waals surface area contributed by atoms with E-state index >= 15 is 0 Å². The van der Waals surface area contributed by atoms with Crippen LogP contribution in [-0.2, 0) is 9.53 Å². The molecule has 1 aliphatic rings. The van der Waals surface area contributed by atoms with Gasteiger partial charge in [-0.05, 0) is 36.6 Å². The number of ether oxygens (including phenoxy) is 1. The van der Waals surface area contributed by atoms with Crippen molar-refractivity contribution in [3.05, 3.63) is 34.9 Å². The molecule has 3 nitrogen and oxygen atoms in total. The number of piperidine rings is 1. The lowest BCUT2D eigenvalue weighted by Crippen LogP contribution is -2.40. The molecule has 17 heavy (non-hydrogen) atoms. The van der Waals surface area contributed by atoms with Crippen molar-refractivity contribution in [1.82, 2.24) is 5.32 Å². The Balaban J connectivity index is 2.21. The third-order valence-electron chi connectivity index (χ3n) is 3.28. The van der Waals surface area contributed by atoms with Crippen LogP contribution in [0.4, 0.5) is 0 Å². The van der Waals surface area contributed by atoms with Crippen molar-refractivity contribution in [2.45, 2.75) is 12.3 Å². The van der Waals surface area contributed by atoms with Crippen LogP contribution in [0.3, 0.4) is 0 Å². The molecule has 0 bridgehead atoms. The predicted molar refractivity (Wildman–Crippen MR) is 67.2 cm³/mol. The molecule has 0 amide bonds. The van der Waals surface area contributed by atoms with Crippen LogP contribution in [0.1, 0.15) is 17.9 Å². The van der Waals surface area contributed by atoms with Crippen LogP contribution >= 0.6 is 11.6 Å². The summed E-state index contributed by atoms with van der Waals surface area (Å²) in [6, 6.07) is 7.73. The fraction of sp³-hybridized carbons (Fsp3) is 0.462. The van der Waals surface area contributed by atoms with Crippen molar-refractivity contribution >= 4 is 17.6 Å². The Hall–Kier alpha value is -1.06. The van der Waals surface area contributed by atoms with E-state index in [2.05, 4.69) is 5.32 Å². The van der Waals surface area contributed by atoms with Gasteiger partial charge in [0.2, 0.25) is 0 Å². The lowest BCUT2D eigenvalue weighted by Gasteiger charge is -2.30. The molecule has 1 heterocycles. The second-order valence-corrected chi connectivity index (χ2v) is 4.72. The molecule has 2 rings (SSSR count). The highest BCUT2D eigenvalue weighted by molar-refractivity contribution is 6.30. The number of carbonyl (C=O) groups is 1. The van der Waals surface area contributed by atoms with Gasteiger partial charge in [-0.2, -0.15) is 0 Å². The molecule has 1 fully saturated rings. The molecule has 1 aliphatic heterocycles. The van der Waals surface area contributed by atoms with Crippen molar-refractivity contribution in [3.63, 3.8) is 0 Å². The van der Waals surface area contributed by atoms with Gasteiger partial charge in [0.25, 0.3) is 0 Å². The van der Waals surface area contributed by atoms with Gasteiger partial charge in [0.1, 0.15) is 0 Å². The molecule has 1 aromatic rings. The van der Waals surface area contributed by atoms with Gasteiger partial charge in [-0.15, -0.1) is 0 Å². The maximum Gasteiger partial charge on any atom is 0.310 e. The smallest absolute Gasteiger partial charge is 0.310 e. The number of carbonyl (C=O) groups excluding carboxylic acids is 1. The summed E-state index contributed by atoms with van der Waals surface area (Å²) in [4.78, 5) is 11.7. The number of nitrogens with one attached hydrogen (secondary N) is 1. The number of halogens is 1. The first kappa shape index (κ1) is 12.4. The van der Waals surface area contributed by atoms with Crippen molar-refractivity contribution in [2.24, 2.45) is 5.92 Å². The summed E-state index contributed by atoms with van der Waals surface area (Å²) in [5.74, 6) is -0.0203. The molecule has 1 aromatic carbocycles. The molecule has 4 heteroatoms. The third kappa shape index (κ3) is 2.79. The zero-order chi connectivity index (χ0) is 12.3. The largest absolute Gasteiger partial charge is 0.469 e. The number of hydrogen-bond donors (Lipinski definition) is 1. The van der Waals surface area contributed by atoms with Gasteiger partial charge >= 0.3 is 5.97 Å². The lowest BCUT2D eigenvalue weighted by atomic mass is 9.81. The minimum absolute atomic E-state index is 0.102. The highest BCUT2D eigenvalue weighted by Crippen LogP contribution is 2.31. The fourth-order valence-corrected chi connectivity index (χ4v) is 2.49. The summed E-state index contributed by atoms with van der Waals surface area (Å²) in [5.41, 5.74) is 1.16. The van der Waals surface area contributed by atoms with Gasteiger partial charge in [0, 0.05) is 11.6 Å². The number of methoxy groups -OCH3 is 1. The van der Waals surface area contributed by atoms with E-state index in [4.69, 9.17) is 16.3 Å². The second kappa shape index (κ2) is 5.52. The summed E-state index contributed by atoms with van der Waals surface area (Å²) in [7, 11) is 1.44. The molecule has 2 atom stereocenters. The molecule has 0 aliphatic carbocycles. The molecule has 1 N–H and O–H groups in total. The molecule has 1 saturated heterocycles. The molecular weight excluding hydrogens is 238 g/mol. The maximum atomic E-state index is 11.7. The first-order chi connectivity index (χ1) is 8.22. The van der Waals surface area contributed by atoms with Crippen LogP contribution in [0.5, 0.6) is 0 Å². The van der Waals surface area contributed by atoms with E-state index in [1.807, 2.05) is 24.3 Å². The van der Waals surface area contributed by atoms with Crippen LogP contribution < -0.4 is 5.32 Å². The molecular formula is C13H16ClNO2. The average molecular weight is 254 g/mol. The monoisotopic (exact) mass is 253 g/mol. The van der Waals surface area contributed by atoms with E-state index in [0.29, 0.717) is 6.54 Å². The summed E-state index contributed by atoms with van der Waals surface area (Å²) in [6.07, 6.45) is 0.946. The Morgan fingerprint density at radius 1 is 1.41 bits per heavy atom. The van der Waals surface area contributed by atoms with Crippen LogP contribution in [0.2, 0.25) is 5.02 Å². The molecule has 0 unspecified atom stereocenters. The summed E-state index contributed by atoms with van der Waals surface area (Å²) in [5, 5.41) is 3.95. The van der Waals surface area contributed by atoms with Crippen LogP contribution in [0.25, 0.3) is 0 Å². The first-order valence-corrected chi connectivity index (χ1v) is 6.14. The average Bonchev–Trinajstić information content (AvgIpc) is 2.39. The van der Waals surface area contributed by atoms with Crippen LogP contribution in [-0.4, -0.2) is 26.2 Å². The zero-order valence-electron chi connectivity index (χ0n) is 9.78. The molecule has 0 radical (unpaired) electrons. The molecule has 0 spiro atoms. The van der Waals surface area contributed by atoms with E-state index in [-0.39, 0.29) is 17.8 Å². The molecule has 92 valence electrons. The number of rotatable bonds is 2. The quantitative estimate of drug-likeness (QED) is 0.822. The van der Waals surface area contributed by atoms with E-state index in [1.165, 1.54) is 7.11 Å². The van der Waals surface area contributed by atoms with E-state index in [0.717, 1.165) is 23.6 Å². The van der Waals surface area contributed by atoms with E-state index < -0.39 is 0 Å². The Morgan fingerprint density at radius 3 is 2.76 bits per heavy atom. The lowest BCUT2D eigenvalue weighted by molar-refractivity contribution is -0.146. The third-order valence-corrected chi connectivity index (χ3v) is 3.54. The Labute approximate surface area is 106 Å². The Bertz CT molecular complexity index is 391. The zero-order valence-corrected chi connectivity index (χ0v) is 10.5. The molecule has 0 saturated carbocycles. The highest BCUT2D eigenvalue weighted by Gasteiger charge is 2.32. The van der Waals surface area contributed by atoms with Crippen molar-refractivity contribution < 1.29 is 9.53 Å². The maximum absolute atomic E-state index is 11.7. The van der Waals surface area contributed by atoms with Gasteiger partial charge in [-0.25, -0.2) is 0 Å². The normalized spacial score (nSPS) is 24.4. The van der Waals surface area contributed by atoms with Crippen LogP contribution in [0, 0.1) is 5.92 Å². The first-order valence-electron chi connectivity index (χ1n) is 5.76. The van der Waals surface area contributed by atoms with E-state index in [9.17, 15) is 4.79 Å². The van der Waals surface area contributed by atoms with Crippen molar-refractivity contribution in [1.29, 1.82) is 0 Å². The van der Waals surface area contributed by atoms with Gasteiger partial charge in [-0.3, -0.25) is 4.79 Å². The topological polar surface area (TPSA) is 38.3 Å². The summed E-state index contributed by atoms with van der Waals surface area (Å²) < 4.78 is 4.86. The van der Waals surface area contributed by atoms with Gasteiger partial charge < -0.3 is 10.1 Å². The fourth-order valence-electron chi connectivity index (χ4n) is 2.37. The standard InChI is InChI=1S/C13H16ClNO2/c1-17-13(16)12-8-15-7-6-11(12)9-2-4-10(14)5-3-9/h2-5,11-12,15H,6-8H2,1H3/t11-,12+/m1/s1. The Kier molecular flexibility index (Phi) is 4.02. The van der Waals surface area contributed by atoms with Crippen molar-refractivity contribution in [3.8, 4) is 0 Å². The minimum atomic E-state index is -0.142. The SMILES string of the molecule is COC(=O)[C@H]1CNCC[C@@H]1c1ccc(Cl)cc1. The van der Waals surface area contributed by atoms with Gasteiger partial charge in [0.15, 0.2) is 0 Å². The highest BCUT2D eigenvalue weighted by atomic mass is 35.5. The summed E-state index contributed by atoms with van der Waals surface area (Å²) in [6.45, 7) is 1.61. The van der Waals surface area contributed by atoms with Crippen LogP contribution in [0.15, 0.2) is 24.3 Å².